The van der Waals surface area contributed by atoms with Gasteiger partial charge in [-0.05, 0) is 54.4 Å². The van der Waals surface area contributed by atoms with Gasteiger partial charge < -0.3 is 10.1 Å². The Balaban J connectivity index is 1.69. The minimum Gasteiger partial charge on any atom is -0.508 e. The molecule has 0 fully saturated rings. The fourth-order valence-corrected chi connectivity index (χ4v) is 3.16. The van der Waals surface area contributed by atoms with Gasteiger partial charge in [-0.15, -0.1) is 0 Å². The summed E-state index contributed by atoms with van der Waals surface area (Å²) in [5.74, 6) is -0.134. The van der Waals surface area contributed by atoms with E-state index in [9.17, 15) is 9.90 Å². The predicted molar refractivity (Wildman–Crippen MR) is 112 cm³/mol. The third-order valence-corrected chi connectivity index (χ3v) is 4.52. The molecule has 0 aliphatic rings. The molecule has 0 radical (unpaired) electrons. The summed E-state index contributed by atoms with van der Waals surface area (Å²) in [6.45, 7) is 2.03. The number of nitrogens with zero attached hydrogens (tertiary/aromatic N) is 1. The van der Waals surface area contributed by atoms with Crippen LogP contribution in [-0.2, 0) is 0 Å². The minimum atomic E-state index is -0.317. The van der Waals surface area contributed by atoms with Crippen molar-refractivity contribution in [3.05, 3.63) is 89.6 Å². The van der Waals surface area contributed by atoms with E-state index in [0.29, 0.717) is 5.69 Å². The van der Waals surface area contributed by atoms with Crippen LogP contribution in [-0.4, -0.2) is 22.2 Å². The minimum absolute atomic E-state index is 0.182. The fraction of sp³-hybridized carbons (Fsp3) is 0.0435. The SMILES string of the molecule is Cc1ccc2[nH]c(C(=O)NN=Cc3ccc(O)cc3)c(-c3ccccc3)c2c1. The van der Waals surface area contributed by atoms with Gasteiger partial charge in [-0.3, -0.25) is 4.79 Å². The number of aromatic hydroxyl groups is 1. The molecular weight excluding hydrogens is 350 g/mol. The van der Waals surface area contributed by atoms with E-state index < -0.39 is 0 Å². The number of carbonyl (C=O) groups excluding carboxylic acids is 1. The molecular formula is C23H19N3O2. The quantitative estimate of drug-likeness (QED) is 0.363. The van der Waals surface area contributed by atoms with E-state index in [-0.39, 0.29) is 11.7 Å². The van der Waals surface area contributed by atoms with Gasteiger partial charge in [-0.25, -0.2) is 5.43 Å². The number of rotatable bonds is 4. The van der Waals surface area contributed by atoms with Crippen LogP contribution >= 0.6 is 0 Å². The van der Waals surface area contributed by atoms with Gasteiger partial charge in [0.1, 0.15) is 11.4 Å². The highest BCUT2D eigenvalue weighted by Gasteiger charge is 2.19. The van der Waals surface area contributed by atoms with Crippen molar-refractivity contribution in [3.8, 4) is 16.9 Å². The number of fused-ring (bicyclic) bond motifs is 1. The van der Waals surface area contributed by atoms with Gasteiger partial charge in [-0.1, -0.05) is 42.0 Å². The van der Waals surface area contributed by atoms with E-state index in [1.165, 1.54) is 6.21 Å². The van der Waals surface area contributed by atoms with Crippen molar-refractivity contribution in [2.24, 2.45) is 5.10 Å². The summed E-state index contributed by atoms with van der Waals surface area (Å²) in [4.78, 5) is 16.1. The van der Waals surface area contributed by atoms with E-state index in [4.69, 9.17) is 0 Å². The smallest absolute Gasteiger partial charge is 0.288 e. The Hall–Kier alpha value is -3.86. The maximum Gasteiger partial charge on any atom is 0.288 e. The maximum absolute atomic E-state index is 12.8. The number of carbonyl (C=O) groups is 1. The van der Waals surface area contributed by atoms with Gasteiger partial charge in [-0.2, -0.15) is 5.10 Å². The third kappa shape index (κ3) is 3.50. The van der Waals surface area contributed by atoms with Gasteiger partial charge in [0.2, 0.25) is 0 Å². The molecule has 0 saturated heterocycles. The summed E-state index contributed by atoms with van der Waals surface area (Å²) < 4.78 is 0. The normalized spacial score (nSPS) is 11.2. The van der Waals surface area contributed by atoms with E-state index in [1.54, 1.807) is 24.3 Å². The molecule has 28 heavy (non-hydrogen) atoms. The number of aryl methyl sites for hydroxylation is 1. The number of hydrogen-bond acceptors (Lipinski definition) is 3. The van der Waals surface area contributed by atoms with Crippen molar-refractivity contribution < 1.29 is 9.90 Å². The lowest BCUT2D eigenvalue weighted by molar-refractivity contribution is 0.0951. The molecule has 0 atom stereocenters. The van der Waals surface area contributed by atoms with Crippen molar-refractivity contribution in [1.29, 1.82) is 0 Å². The molecule has 1 heterocycles. The molecule has 0 unspecified atom stereocenters. The van der Waals surface area contributed by atoms with Crippen molar-refractivity contribution >= 4 is 23.0 Å². The van der Waals surface area contributed by atoms with E-state index in [0.717, 1.165) is 33.2 Å². The number of phenols is 1. The molecule has 5 heteroatoms. The van der Waals surface area contributed by atoms with Gasteiger partial charge in [0.15, 0.2) is 0 Å². The first-order valence-electron chi connectivity index (χ1n) is 8.92. The van der Waals surface area contributed by atoms with E-state index >= 15 is 0 Å². The molecule has 1 aromatic heterocycles. The Labute approximate surface area is 162 Å². The first kappa shape index (κ1) is 17.5. The molecule has 138 valence electrons. The van der Waals surface area contributed by atoms with E-state index in [1.807, 2.05) is 49.4 Å². The second kappa shape index (κ2) is 7.40. The molecule has 0 saturated carbocycles. The molecule has 0 spiro atoms. The first-order chi connectivity index (χ1) is 13.6. The number of aromatic amines is 1. The fourth-order valence-electron chi connectivity index (χ4n) is 3.16. The van der Waals surface area contributed by atoms with Crippen LogP contribution in [0.2, 0.25) is 0 Å². The Kier molecular flexibility index (Phi) is 4.64. The Morgan fingerprint density at radius 1 is 1.04 bits per heavy atom. The first-order valence-corrected chi connectivity index (χ1v) is 8.92. The van der Waals surface area contributed by atoms with Crippen molar-refractivity contribution in [1.82, 2.24) is 10.4 Å². The van der Waals surface area contributed by atoms with Gasteiger partial charge >= 0.3 is 0 Å². The van der Waals surface area contributed by atoms with Gasteiger partial charge in [0.25, 0.3) is 5.91 Å². The monoisotopic (exact) mass is 369 g/mol. The van der Waals surface area contributed by atoms with Crippen molar-refractivity contribution in [2.75, 3.05) is 0 Å². The van der Waals surface area contributed by atoms with Crippen molar-refractivity contribution in [2.45, 2.75) is 6.92 Å². The Morgan fingerprint density at radius 3 is 2.54 bits per heavy atom. The Bertz CT molecular complexity index is 1160. The van der Waals surface area contributed by atoms with Crippen LogP contribution in [0, 0.1) is 6.92 Å². The molecule has 4 aromatic rings. The molecule has 0 bridgehead atoms. The molecule has 0 aliphatic heterocycles. The summed E-state index contributed by atoms with van der Waals surface area (Å²) >= 11 is 0. The summed E-state index contributed by atoms with van der Waals surface area (Å²) in [5, 5.41) is 14.4. The number of hydrazone groups is 1. The summed E-state index contributed by atoms with van der Waals surface area (Å²) in [6.07, 6.45) is 1.53. The Morgan fingerprint density at radius 2 is 1.79 bits per heavy atom. The predicted octanol–water partition coefficient (Wildman–Crippen LogP) is 4.61. The van der Waals surface area contributed by atoms with Gasteiger partial charge in [0.05, 0.1) is 6.21 Å². The van der Waals surface area contributed by atoms with Crippen LogP contribution in [0.3, 0.4) is 0 Å². The highest BCUT2D eigenvalue weighted by molar-refractivity contribution is 6.10. The third-order valence-electron chi connectivity index (χ3n) is 4.52. The zero-order valence-electron chi connectivity index (χ0n) is 15.3. The molecule has 3 aromatic carbocycles. The number of phenolic OH excluding ortho intramolecular Hbond substituents is 1. The summed E-state index contributed by atoms with van der Waals surface area (Å²) in [7, 11) is 0. The lowest BCUT2D eigenvalue weighted by Crippen LogP contribution is -2.18. The average molecular weight is 369 g/mol. The zero-order chi connectivity index (χ0) is 19.5. The van der Waals surface area contributed by atoms with Crippen LogP contribution in [0.15, 0.2) is 77.9 Å². The van der Waals surface area contributed by atoms with Gasteiger partial charge in [0, 0.05) is 16.5 Å². The summed E-state index contributed by atoms with van der Waals surface area (Å²) in [6, 6.07) is 22.5. The van der Waals surface area contributed by atoms with E-state index in [2.05, 4.69) is 21.6 Å². The highest BCUT2D eigenvalue weighted by Crippen LogP contribution is 2.33. The standard InChI is InChI=1S/C23H19N3O2/c1-15-7-12-20-19(13-15)21(17-5-3-2-4-6-17)22(25-20)23(28)26-24-14-16-8-10-18(27)11-9-16/h2-14,25,27H,1H3,(H,26,28). The highest BCUT2D eigenvalue weighted by atomic mass is 16.3. The van der Waals surface area contributed by atoms with Crippen LogP contribution in [0.5, 0.6) is 5.75 Å². The van der Waals surface area contributed by atoms with Crippen molar-refractivity contribution in [3.63, 3.8) is 0 Å². The average Bonchev–Trinajstić information content (AvgIpc) is 3.09. The molecule has 3 N–H and O–H groups in total. The molecule has 4 rings (SSSR count). The van der Waals surface area contributed by atoms with Crippen LogP contribution < -0.4 is 5.43 Å². The topological polar surface area (TPSA) is 77.5 Å². The second-order valence-corrected chi connectivity index (χ2v) is 6.58. The van der Waals surface area contributed by atoms with Crippen LogP contribution in [0.25, 0.3) is 22.0 Å². The maximum atomic E-state index is 12.8. The number of aromatic nitrogens is 1. The largest absolute Gasteiger partial charge is 0.508 e. The summed E-state index contributed by atoms with van der Waals surface area (Å²) in [5.41, 5.74) is 7.67. The number of H-pyrrole nitrogens is 1. The number of amides is 1. The molecule has 1 amide bonds. The molecule has 5 nitrogen and oxygen atoms in total. The second-order valence-electron chi connectivity index (χ2n) is 6.58. The number of hydrogen-bond donors (Lipinski definition) is 3. The lowest BCUT2D eigenvalue weighted by Gasteiger charge is -2.04. The van der Waals surface area contributed by atoms with Crippen LogP contribution in [0.1, 0.15) is 21.6 Å². The lowest BCUT2D eigenvalue weighted by atomic mass is 10.0. The number of nitrogens with one attached hydrogen (secondary N) is 2. The zero-order valence-corrected chi connectivity index (χ0v) is 15.3. The van der Waals surface area contributed by atoms with Crippen LogP contribution in [0.4, 0.5) is 0 Å². The molecule has 0 aliphatic carbocycles. The number of benzene rings is 3.